The number of aliphatic carboxylic acids is 1. The summed E-state index contributed by atoms with van der Waals surface area (Å²) >= 11 is 1.57. The van der Waals surface area contributed by atoms with Crippen molar-refractivity contribution in [1.29, 1.82) is 0 Å². The quantitative estimate of drug-likeness (QED) is 0.923. The first-order valence-electron chi connectivity index (χ1n) is 6.59. The van der Waals surface area contributed by atoms with Gasteiger partial charge in [-0.25, -0.2) is 9.78 Å². The highest BCUT2D eigenvalue weighted by atomic mass is 32.1. The van der Waals surface area contributed by atoms with Crippen LogP contribution in [-0.4, -0.2) is 22.6 Å². The predicted octanol–water partition coefficient (Wildman–Crippen LogP) is 2.95. The third-order valence-electron chi connectivity index (χ3n) is 3.78. The number of anilines is 1. The Hall–Kier alpha value is -1.88. The normalized spacial score (nSPS) is 17.9. The van der Waals surface area contributed by atoms with E-state index in [0.29, 0.717) is 6.54 Å². The van der Waals surface area contributed by atoms with Crippen LogP contribution in [0.25, 0.3) is 0 Å². The summed E-state index contributed by atoms with van der Waals surface area (Å²) in [6.07, 6.45) is 0.859. The second-order valence-corrected chi connectivity index (χ2v) is 6.20. The highest BCUT2D eigenvalue weighted by Crippen LogP contribution is 2.36. The van der Waals surface area contributed by atoms with E-state index < -0.39 is 12.0 Å². The number of benzene rings is 1. The summed E-state index contributed by atoms with van der Waals surface area (Å²) in [5.74, 6) is -0.817. The van der Waals surface area contributed by atoms with Crippen molar-refractivity contribution in [2.45, 2.75) is 26.3 Å². The fourth-order valence-corrected chi connectivity index (χ4v) is 3.58. The van der Waals surface area contributed by atoms with Gasteiger partial charge in [0.05, 0.1) is 5.69 Å². The Balaban J connectivity index is 2.06. The lowest BCUT2D eigenvalue weighted by Crippen LogP contribution is -2.39. The minimum atomic E-state index is -0.817. The van der Waals surface area contributed by atoms with E-state index in [1.807, 2.05) is 43.0 Å². The van der Waals surface area contributed by atoms with Crippen molar-refractivity contribution in [3.05, 3.63) is 46.0 Å². The van der Waals surface area contributed by atoms with Crippen LogP contribution in [-0.2, 0) is 11.2 Å². The van der Waals surface area contributed by atoms with Gasteiger partial charge in [0.15, 0.2) is 11.2 Å². The topological polar surface area (TPSA) is 53.4 Å². The fraction of sp³-hybridized carbons (Fsp3) is 0.333. The predicted molar refractivity (Wildman–Crippen MR) is 79.5 cm³/mol. The molecular formula is C15H16N2O2S. The van der Waals surface area contributed by atoms with Gasteiger partial charge in [-0.2, -0.15) is 0 Å². The first kappa shape index (κ1) is 13.1. The smallest absolute Gasteiger partial charge is 0.331 e. The summed E-state index contributed by atoms with van der Waals surface area (Å²) in [7, 11) is 0. The molecule has 0 amide bonds. The van der Waals surface area contributed by atoms with Crippen molar-refractivity contribution in [2.75, 3.05) is 11.4 Å². The third kappa shape index (κ3) is 2.08. The van der Waals surface area contributed by atoms with E-state index in [-0.39, 0.29) is 0 Å². The molecule has 0 fully saturated rings. The molecular weight excluding hydrogens is 272 g/mol. The van der Waals surface area contributed by atoms with Gasteiger partial charge in [0.1, 0.15) is 0 Å². The molecule has 0 saturated carbocycles. The zero-order chi connectivity index (χ0) is 14.3. The van der Waals surface area contributed by atoms with Crippen molar-refractivity contribution in [3.63, 3.8) is 0 Å². The zero-order valence-corrected chi connectivity index (χ0v) is 12.3. The van der Waals surface area contributed by atoms with Gasteiger partial charge in [-0.1, -0.05) is 24.3 Å². The molecule has 20 heavy (non-hydrogen) atoms. The Morgan fingerprint density at radius 2 is 2.15 bits per heavy atom. The van der Waals surface area contributed by atoms with E-state index in [1.54, 1.807) is 11.3 Å². The number of carboxylic acids is 1. The Morgan fingerprint density at radius 3 is 2.80 bits per heavy atom. The van der Waals surface area contributed by atoms with E-state index >= 15 is 0 Å². The summed E-state index contributed by atoms with van der Waals surface area (Å²) in [6, 6.07) is 7.15. The number of thiazole rings is 1. The molecule has 5 heteroatoms. The number of fused-ring (bicyclic) bond motifs is 1. The molecule has 1 atom stereocenters. The van der Waals surface area contributed by atoms with Crippen LogP contribution in [0, 0.1) is 13.8 Å². The highest BCUT2D eigenvalue weighted by Gasteiger charge is 2.34. The van der Waals surface area contributed by atoms with Gasteiger partial charge < -0.3 is 10.0 Å². The summed E-state index contributed by atoms with van der Waals surface area (Å²) in [5.41, 5.74) is 2.99. The molecule has 1 N–H and O–H groups in total. The van der Waals surface area contributed by atoms with Crippen LogP contribution in [0.2, 0.25) is 0 Å². The van der Waals surface area contributed by atoms with E-state index in [4.69, 9.17) is 0 Å². The maximum Gasteiger partial charge on any atom is 0.331 e. The van der Waals surface area contributed by atoms with Crippen LogP contribution in [0.5, 0.6) is 0 Å². The maximum absolute atomic E-state index is 11.7. The van der Waals surface area contributed by atoms with Gasteiger partial charge in [-0.05, 0) is 31.4 Å². The molecule has 0 bridgehead atoms. The molecule has 104 valence electrons. The number of carboxylic acid groups (broad SMARTS) is 1. The molecule has 1 unspecified atom stereocenters. The van der Waals surface area contributed by atoms with Crippen molar-refractivity contribution in [2.24, 2.45) is 0 Å². The lowest BCUT2D eigenvalue weighted by Gasteiger charge is -2.34. The molecule has 2 aromatic rings. The summed E-state index contributed by atoms with van der Waals surface area (Å²) < 4.78 is 0. The molecule has 0 radical (unpaired) electrons. The van der Waals surface area contributed by atoms with Gasteiger partial charge in [0, 0.05) is 11.4 Å². The van der Waals surface area contributed by atoms with E-state index in [9.17, 15) is 9.90 Å². The first-order valence-corrected chi connectivity index (χ1v) is 7.41. The number of carbonyl (C=O) groups is 1. The third-order valence-corrected chi connectivity index (χ3v) is 4.89. The Kier molecular flexibility index (Phi) is 3.22. The molecule has 1 aliphatic rings. The second-order valence-electron chi connectivity index (χ2n) is 5.02. The molecule has 1 aromatic heterocycles. The monoisotopic (exact) mass is 288 g/mol. The van der Waals surface area contributed by atoms with E-state index in [2.05, 4.69) is 4.98 Å². The van der Waals surface area contributed by atoms with Crippen molar-refractivity contribution in [1.82, 2.24) is 4.98 Å². The summed E-state index contributed by atoms with van der Waals surface area (Å²) in [6.45, 7) is 4.67. The summed E-state index contributed by atoms with van der Waals surface area (Å²) in [5, 5.41) is 10.4. The first-order chi connectivity index (χ1) is 9.58. The molecule has 0 spiro atoms. The second kappa shape index (κ2) is 4.90. The minimum absolute atomic E-state index is 0.634. The molecule has 1 aliphatic heterocycles. The SMILES string of the molecule is Cc1nc(N2CCc3ccccc3C2C(=O)O)sc1C. The van der Waals surface area contributed by atoms with Gasteiger partial charge >= 0.3 is 5.97 Å². The Labute approximate surface area is 121 Å². The molecule has 2 heterocycles. The summed E-state index contributed by atoms with van der Waals surface area (Å²) in [4.78, 5) is 19.3. The van der Waals surface area contributed by atoms with Gasteiger partial charge in [0.25, 0.3) is 0 Å². The van der Waals surface area contributed by atoms with E-state index in [1.165, 1.54) is 0 Å². The standard InChI is InChI=1S/C15H16N2O2S/c1-9-10(2)20-15(16-9)17-8-7-11-5-3-4-6-12(11)13(17)14(18)19/h3-6,13H,7-8H2,1-2H3,(H,18,19). The van der Waals surface area contributed by atoms with Crippen LogP contribution in [0.15, 0.2) is 24.3 Å². The Bertz CT molecular complexity index is 646. The minimum Gasteiger partial charge on any atom is -0.479 e. The van der Waals surface area contributed by atoms with Crippen LogP contribution < -0.4 is 4.90 Å². The van der Waals surface area contributed by atoms with Crippen molar-refractivity contribution < 1.29 is 9.90 Å². The number of rotatable bonds is 2. The molecule has 3 rings (SSSR count). The Morgan fingerprint density at radius 1 is 1.40 bits per heavy atom. The van der Waals surface area contributed by atoms with Crippen LogP contribution in [0.1, 0.15) is 27.7 Å². The van der Waals surface area contributed by atoms with Gasteiger partial charge in [-0.3, -0.25) is 0 Å². The van der Waals surface area contributed by atoms with E-state index in [0.717, 1.165) is 33.3 Å². The zero-order valence-electron chi connectivity index (χ0n) is 11.5. The molecule has 1 aromatic carbocycles. The van der Waals surface area contributed by atoms with Crippen LogP contribution >= 0.6 is 11.3 Å². The van der Waals surface area contributed by atoms with Crippen LogP contribution in [0.4, 0.5) is 5.13 Å². The van der Waals surface area contributed by atoms with Crippen molar-refractivity contribution >= 4 is 22.4 Å². The van der Waals surface area contributed by atoms with Crippen molar-refractivity contribution in [3.8, 4) is 0 Å². The number of hydrogen-bond acceptors (Lipinski definition) is 4. The average Bonchev–Trinajstić information content (AvgIpc) is 2.77. The average molecular weight is 288 g/mol. The number of aromatic nitrogens is 1. The van der Waals surface area contributed by atoms with Crippen LogP contribution in [0.3, 0.4) is 0 Å². The van der Waals surface area contributed by atoms with Gasteiger partial charge in [-0.15, -0.1) is 11.3 Å². The largest absolute Gasteiger partial charge is 0.479 e. The van der Waals surface area contributed by atoms with Gasteiger partial charge in [0.2, 0.25) is 0 Å². The molecule has 0 saturated heterocycles. The highest BCUT2D eigenvalue weighted by molar-refractivity contribution is 7.15. The lowest BCUT2D eigenvalue weighted by molar-refractivity contribution is -0.138. The fourth-order valence-electron chi connectivity index (χ4n) is 2.62. The molecule has 0 aliphatic carbocycles. The number of aryl methyl sites for hydroxylation is 2. The number of hydrogen-bond donors (Lipinski definition) is 1. The maximum atomic E-state index is 11.7. The lowest BCUT2D eigenvalue weighted by atomic mass is 9.93. The molecule has 4 nitrogen and oxygen atoms in total. The number of nitrogens with zero attached hydrogens (tertiary/aromatic N) is 2.